The number of nitrogens with one attached hydrogen (secondary N) is 1. The van der Waals surface area contributed by atoms with Crippen LogP contribution in [0.25, 0.3) is 0 Å². The maximum Gasteiger partial charge on any atom is 0.223 e. The molecule has 3 rings (SSSR count). The lowest BCUT2D eigenvalue weighted by Gasteiger charge is -2.26. The molecule has 0 saturated heterocycles. The number of hydrogen-bond donors (Lipinski definition) is 1. The number of carbonyl (C=O) groups is 1. The summed E-state index contributed by atoms with van der Waals surface area (Å²) in [6.45, 7) is 0. The normalized spacial score (nSPS) is 37.2. The smallest absolute Gasteiger partial charge is 0.223 e. The fourth-order valence-electron chi connectivity index (χ4n) is 4.47. The molecule has 3 saturated carbocycles. The zero-order valence-electron chi connectivity index (χ0n) is 11.5. The summed E-state index contributed by atoms with van der Waals surface area (Å²) in [6, 6.07) is 0.483. The van der Waals surface area contributed by atoms with Gasteiger partial charge in [-0.25, -0.2) is 0 Å². The van der Waals surface area contributed by atoms with E-state index >= 15 is 0 Å². The summed E-state index contributed by atoms with van der Waals surface area (Å²) in [6.07, 6.45) is 14.4. The minimum atomic E-state index is 0.370. The molecule has 3 aliphatic carbocycles. The van der Waals surface area contributed by atoms with Crippen molar-refractivity contribution in [3.8, 4) is 0 Å². The first-order valence-corrected chi connectivity index (χ1v) is 8.13. The molecule has 3 aliphatic rings. The topological polar surface area (TPSA) is 29.1 Å². The molecule has 3 fully saturated rings. The molecule has 102 valence electrons. The third-order valence-corrected chi connectivity index (χ3v) is 5.53. The predicted molar refractivity (Wildman–Crippen MR) is 73.2 cm³/mol. The van der Waals surface area contributed by atoms with Crippen LogP contribution in [-0.4, -0.2) is 11.9 Å². The molecule has 0 aromatic heterocycles. The van der Waals surface area contributed by atoms with E-state index in [0.717, 1.165) is 11.8 Å². The van der Waals surface area contributed by atoms with E-state index in [9.17, 15) is 4.79 Å². The Balaban J connectivity index is 1.50. The molecule has 3 unspecified atom stereocenters. The highest BCUT2D eigenvalue weighted by Gasteiger charge is 2.43. The average Bonchev–Trinajstić information content (AvgIpc) is 2.94. The Morgan fingerprint density at radius 3 is 2.17 bits per heavy atom. The summed E-state index contributed by atoms with van der Waals surface area (Å²) in [5, 5.41) is 3.37. The van der Waals surface area contributed by atoms with Crippen molar-refractivity contribution in [1.29, 1.82) is 0 Å². The summed E-state index contributed by atoms with van der Waals surface area (Å²) in [5.74, 6) is 2.37. The van der Waals surface area contributed by atoms with Crippen LogP contribution in [-0.2, 0) is 4.79 Å². The number of hydrogen-bond acceptors (Lipinski definition) is 1. The monoisotopic (exact) mass is 249 g/mol. The van der Waals surface area contributed by atoms with E-state index in [4.69, 9.17) is 0 Å². The molecule has 3 atom stereocenters. The van der Waals surface area contributed by atoms with E-state index in [1.807, 2.05) is 0 Å². The van der Waals surface area contributed by atoms with Crippen molar-refractivity contribution in [2.45, 2.75) is 76.7 Å². The lowest BCUT2D eigenvalue weighted by atomic mass is 9.87. The quantitative estimate of drug-likeness (QED) is 0.795. The van der Waals surface area contributed by atoms with Gasteiger partial charge in [0, 0.05) is 12.0 Å². The van der Waals surface area contributed by atoms with E-state index in [0.29, 0.717) is 17.9 Å². The van der Waals surface area contributed by atoms with Gasteiger partial charge < -0.3 is 5.32 Å². The van der Waals surface area contributed by atoms with Crippen molar-refractivity contribution < 1.29 is 4.79 Å². The number of rotatable bonds is 2. The molecule has 18 heavy (non-hydrogen) atoms. The first-order chi connectivity index (χ1) is 8.83. The zero-order chi connectivity index (χ0) is 12.4. The zero-order valence-corrected chi connectivity index (χ0v) is 11.5. The van der Waals surface area contributed by atoms with Crippen molar-refractivity contribution >= 4 is 5.91 Å². The minimum absolute atomic E-state index is 0.370. The fourth-order valence-corrected chi connectivity index (χ4v) is 4.47. The van der Waals surface area contributed by atoms with Crippen LogP contribution >= 0.6 is 0 Å². The Morgan fingerprint density at radius 1 is 0.833 bits per heavy atom. The van der Waals surface area contributed by atoms with Crippen molar-refractivity contribution in [1.82, 2.24) is 5.32 Å². The van der Waals surface area contributed by atoms with E-state index in [1.54, 1.807) is 0 Å². The molecule has 0 radical (unpaired) electrons. The van der Waals surface area contributed by atoms with Gasteiger partial charge in [-0.2, -0.15) is 0 Å². The molecule has 0 heterocycles. The van der Waals surface area contributed by atoms with Gasteiger partial charge in [0.1, 0.15) is 0 Å². The summed E-state index contributed by atoms with van der Waals surface area (Å²) in [7, 11) is 0. The van der Waals surface area contributed by atoms with Crippen LogP contribution in [0.2, 0.25) is 0 Å². The number of amides is 1. The largest absolute Gasteiger partial charge is 0.353 e. The highest BCUT2D eigenvalue weighted by molar-refractivity contribution is 5.79. The van der Waals surface area contributed by atoms with E-state index < -0.39 is 0 Å². The minimum Gasteiger partial charge on any atom is -0.353 e. The average molecular weight is 249 g/mol. The maximum atomic E-state index is 12.4. The van der Waals surface area contributed by atoms with Crippen molar-refractivity contribution in [2.75, 3.05) is 0 Å². The van der Waals surface area contributed by atoms with Gasteiger partial charge in [0.2, 0.25) is 5.91 Å². The van der Waals surface area contributed by atoms with Gasteiger partial charge in [-0.05, 0) is 43.9 Å². The molecule has 0 aliphatic heterocycles. The molecule has 0 spiro atoms. The molecular weight excluding hydrogens is 222 g/mol. The molecule has 1 N–H and O–H groups in total. The number of fused-ring (bicyclic) bond motifs is 2. The van der Waals surface area contributed by atoms with E-state index in [-0.39, 0.29) is 0 Å². The summed E-state index contributed by atoms with van der Waals surface area (Å²) >= 11 is 0. The Labute approximate surface area is 111 Å². The first kappa shape index (κ1) is 12.5. The SMILES string of the molecule is O=C(NC1CCCCCCC1)C1CC2CCC1C2. The third-order valence-electron chi connectivity index (χ3n) is 5.53. The van der Waals surface area contributed by atoms with E-state index in [1.165, 1.54) is 70.6 Å². The Bertz CT molecular complexity index is 293. The Hall–Kier alpha value is -0.530. The first-order valence-electron chi connectivity index (χ1n) is 8.13. The fraction of sp³-hybridized carbons (Fsp3) is 0.938. The van der Waals surface area contributed by atoms with Crippen LogP contribution in [0.5, 0.6) is 0 Å². The van der Waals surface area contributed by atoms with Crippen LogP contribution < -0.4 is 5.32 Å². The van der Waals surface area contributed by atoms with Gasteiger partial charge in [-0.1, -0.05) is 38.5 Å². The molecule has 2 bridgehead atoms. The second-order valence-electron chi connectivity index (χ2n) is 6.83. The van der Waals surface area contributed by atoms with Crippen LogP contribution in [0.1, 0.15) is 70.6 Å². The van der Waals surface area contributed by atoms with Gasteiger partial charge in [0.05, 0.1) is 0 Å². The van der Waals surface area contributed by atoms with Crippen molar-refractivity contribution in [3.63, 3.8) is 0 Å². The lowest BCUT2D eigenvalue weighted by molar-refractivity contribution is -0.127. The standard InChI is InChI=1S/C16H27NO/c18-16(15-11-12-8-9-13(15)10-12)17-14-6-4-2-1-3-5-7-14/h12-15H,1-11H2,(H,17,18). The van der Waals surface area contributed by atoms with Crippen LogP contribution in [0.4, 0.5) is 0 Å². The van der Waals surface area contributed by atoms with Gasteiger partial charge >= 0.3 is 0 Å². The highest BCUT2D eigenvalue weighted by Crippen LogP contribution is 2.48. The predicted octanol–water partition coefficient (Wildman–Crippen LogP) is 3.65. The van der Waals surface area contributed by atoms with Gasteiger partial charge in [-0.15, -0.1) is 0 Å². The number of carbonyl (C=O) groups excluding carboxylic acids is 1. The maximum absolute atomic E-state index is 12.4. The van der Waals surface area contributed by atoms with Crippen molar-refractivity contribution in [3.05, 3.63) is 0 Å². The van der Waals surface area contributed by atoms with Gasteiger partial charge in [0.25, 0.3) is 0 Å². The highest BCUT2D eigenvalue weighted by atomic mass is 16.2. The van der Waals surface area contributed by atoms with Crippen LogP contribution in [0.3, 0.4) is 0 Å². The molecule has 0 aromatic carbocycles. The summed E-state index contributed by atoms with van der Waals surface area (Å²) in [4.78, 5) is 12.4. The molecule has 1 amide bonds. The van der Waals surface area contributed by atoms with E-state index in [2.05, 4.69) is 5.32 Å². The van der Waals surface area contributed by atoms with Crippen molar-refractivity contribution in [2.24, 2.45) is 17.8 Å². The molecule has 2 heteroatoms. The molecular formula is C16H27NO. The van der Waals surface area contributed by atoms with Crippen LogP contribution in [0.15, 0.2) is 0 Å². The van der Waals surface area contributed by atoms with Crippen LogP contribution in [0, 0.1) is 17.8 Å². The molecule has 0 aromatic rings. The Kier molecular flexibility index (Phi) is 3.91. The summed E-state index contributed by atoms with van der Waals surface area (Å²) < 4.78 is 0. The Morgan fingerprint density at radius 2 is 1.56 bits per heavy atom. The van der Waals surface area contributed by atoms with Gasteiger partial charge in [-0.3, -0.25) is 4.79 Å². The van der Waals surface area contributed by atoms with Gasteiger partial charge in [0.15, 0.2) is 0 Å². The lowest BCUT2D eigenvalue weighted by Crippen LogP contribution is -2.40. The summed E-state index contributed by atoms with van der Waals surface area (Å²) in [5.41, 5.74) is 0. The molecule has 2 nitrogen and oxygen atoms in total. The second kappa shape index (κ2) is 5.63. The third kappa shape index (κ3) is 2.73. The second-order valence-corrected chi connectivity index (χ2v) is 6.83.